The molecule has 2 atom stereocenters. The van der Waals surface area contributed by atoms with Crippen LogP contribution in [0, 0.1) is 0 Å². The number of ether oxygens (including phenoxy) is 2. The van der Waals surface area contributed by atoms with E-state index in [9.17, 15) is 5.11 Å². The fourth-order valence-corrected chi connectivity index (χ4v) is 1.50. The number of aliphatic hydroxyl groups is 1. The van der Waals surface area contributed by atoms with Crippen LogP contribution in [-0.4, -0.2) is 49.7 Å². The maximum absolute atomic E-state index is 9.77. The zero-order valence-corrected chi connectivity index (χ0v) is 12.0. The first-order chi connectivity index (χ1) is 7.89. The Morgan fingerprint density at radius 1 is 1.24 bits per heavy atom. The van der Waals surface area contributed by atoms with E-state index in [4.69, 9.17) is 9.47 Å². The van der Waals surface area contributed by atoms with Crippen LogP contribution < -0.4 is 5.32 Å². The van der Waals surface area contributed by atoms with E-state index in [1.165, 1.54) is 0 Å². The van der Waals surface area contributed by atoms with Crippen LogP contribution in [0.4, 0.5) is 0 Å². The summed E-state index contributed by atoms with van der Waals surface area (Å²) in [6.45, 7) is 9.69. The Bertz CT molecular complexity index is 174. The van der Waals surface area contributed by atoms with E-state index in [0.717, 1.165) is 12.8 Å². The van der Waals surface area contributed by atoms with E-state index in [1.54, 1.807) is 7.11 Å². The summed E-state index contributed by atoms with van der Waals surface area (Å²) in [5.74, 6) is 0. The van der Waals surface area contributed by atoms with E-state index < -0.39 is 6.10 Å². The highest BCUT2D eigenvalue weighted by molar-refractivity contribution is 4.69. The second-order valence-electron chi connectivity index (χ2n) is 5.43. The van der Waals surface area contributed by atoms with Crippen LogP contribution in [-0.2, 0) is 9.47 Å². The average Bonchev–Trinajstić information content (AvgIpc) is 2.23. The summed E-state index contributed by atoms with van der Waals surface area (Å²) in [5.41, 5.74) is -0.198. The zero-order valence-electron chi connectivity index (χ0n) is 12.0. The van der Waals surface area contributed by atoms with Gasteiger partial charge in [0.2, 0.25) is 0 Å². The SMILES string of the molecule is CCCC(COC)NCC(O)COC(C)(C)C. The molecule has 0 aromatic rings. The monoisotopic (exact) mass is 247 g/mol. The maximum Gasteiger partial charge on any atom is 0.0898 e. The molecule has 0 amide bonds. The lowest BCUT2D eigenvalue weighted by Gasteiger charge is -2.24. The molecule has 0 spiro atoms. The molecule has 0 radical (unpaired) electrons. The Morgan fingerprint density at radius 2 is 1.88 bits per heavy atom. The molecule has 2 N–H and O–H groups in total. The summed E-state index contributed by atoms with van der Waals surface area (Å²) in [5, 5.41) is 13.1. The molecule has 0 saturated carbocycles. The quantitative estimate of drug-likeness (QED) is 0.649. The number of nitrogens with one attached hydrogen (secondary N) is 1. The van der Waals surface area contributed by atoms with E-state index in [-0.39, 0.29) is 5.60 Å². The second-order valence-corrected chi connectivity index (χ2v) is 5.43. The lowest BCUT2D eigenvalue weighted by Crippen LogP contribution is -2.40. The molecule has 0 rings (SSSR count). The van der Waals surface area contributed by atoms with Crippen LogP contribution in [0.25, 0.3) is 0 Å². The number of methoxy groups -OCH3 is 1. The zero-order chi connectivity index (χ0) is 13.3. The molecular formula is C13H29NO3. The minimum Gasteiger partial charge on any atom is -0.389 e. The third kappa shape index (κ3) is 10.7. The summed E-state index contributed by atoms with van der Waals surface area (Å²) < 4.78 is 10.6. The highest BCUT2D eigenvalue weighted by atomic mass is 16.5. The number of hydrogen-bond acceptors (Lipinski definition) is 4. The molecule has 0 aromatic heterocycles. The molecule has 17 heavy (non-hydrogen) atoms. The van der Waals surface area contributed by atoms with Crippen molar-refractivity contribution < 1.29 is 14.6 Å². The molecule has 0 saturated heterocycles. The van der Waals surface area contributed by atoms with Gasteiger partial charge in [0.25, 0.3) is 0 Å². The molecule has 0 aliphatic heterocycles. The van der Waals surface area contributed by atoms with Gasteiger partial charge < -0.3 is 19.9 Å². The molecule has 0 bridgehead atoms. The maximum atomic E-state index is 9.77. The molecule has 2 unspecified atom stereocenters. The fourth-order valence-electron chi connectivity index (χ4n) is 1.50. The number of rotatable bonds is 9. The highest BCUT2D eigenvalue weighted by Gasteiger charge is 2.15. The van der Waals surface area contributed by atoms with Gasteiger partial charge in [0.1, 0.15) is 0 Å². The van der Waals surface area contributed by atoms with Gasteiger partial charge >= 0.3 is 0 Å². The Hall–Kier alpha value is -0.160. The lowest BCUT2D eigenvalue weighted by atomic mass is 10.1. The average molecular weight is 247 g/mol. The summed E-state index contributed by atoms with van der Waals surface area (Å²) in [4.78, 5) is 0. The van der Waals surface area contributed by atoms with Crippen LogP contribution in [0.5, 0.6) is 0 Å². The van der Waals surface area contributed by atoms with Gasteiger partial charge in [-0.05, 0) is 27.2 Å². The molecule has 104 valence electrons. The van der Waals surface area contributed by atoms with Crippen LogP contribution in [0.2, 0.25) is 0 Å². The molecule has 0 fully saturated rings. The van der Waals surface area contributed by atoms with Crippen molar-refractivity contribution in [1.82, 2.24) is 5.32 Å². The summed E-state index contributed by atoms with van der Waals surface area (Å²) in [6, 6.07) is 0.314. The molecule has 0 aliphatic carbocycles. The van der Waals surface area contributed by atoms with Crippen molar-refractivity contribution in [3.63, 3.8) is 0 Å². The Labute approximate surface area is 106 Å². The normalized spacial score (nSPS) is 15.9. The molecule has 4 heteroatoms. The van der Waals surface area contributed by atoms with Gasteiger partial charge in [0.05, 0.1) is 24.9 Å². The number of hydrogen-bond donors (Lipinski definition) is 2. The summed E-state index contributed by atoms with van der Waals surface area (Å²) in [6.07, 6.45) is 1.70. The molecule has 4 nitrogen and oxygen atoms in total. The van der Waals surface area contributed by atoms with Crippen molar-refractivity contribution in [3.05, 3.63) is 0 Å². The lowest BCUT2D eigenvalue weighted by molar-refractivity contribution is -0.0488. The first kappa shape index (κ1) is 16.8. The van der Waals surface area contributed by atoms with E-state index >= 15 is 0 Å². The third-order valence-corrected chi connectivity index (χ3v) is 2.36. The van der Waals surface area contributed by atoms with Crippen molar-refractivity contribution in [3.8, 4) is 0 Å². The Kier molecular flexibility index (Phi) is 8.78. The van der Waals surface area contributed by atoms with Crippen LogP contribution in [0.15, 0.2) is 0 Å². The molecular weight excluding hydrogens is 218 g/mol. The minimum atomic E-state index is -0.467. The molecule has 0 heterocycles. The van der Waals surface area contributed by atoms with Gasteiger partial charge in [-0.1, -0.05) is 13.3 Å². The first-order valence-electron chi connectivity index (χ1n) is 6.43. The molecule has 0 aromatic carbocycles. The van der Waals surface area contributed by atoms with Crippen LogP contribution in [0.1, 0.15) is 40.5 Å². The largest absolute Gasteiger partial charge is 0.389 e. The van der Waals surface area contributed by atoms with Gasteiger partial charge in [-0.15, -0.1) is 0 Å². The van der Waals surface area contributed by atoms with Crippen molar-refractivity contribution in [2.75, 3.05) is 26.9 Å². The standard InChI is InChI=1S/C13H29NO3/c1-6-7-11(9-16-5)14-8-12(15)10-17-13(2,3)4/h11-12,14-15H,6-10H2,1-5H3. The van der Waals surface area contributed by atoms with Gasteiger partial charge in [-0.2, -0.15) is 0 Å². The summed E-state index contributed by atoms with van der Waals surface area (Å²) in [7, 11) is 1.70. The van der Waals surface area contributed by atoms with E-state index in [1.807, 2.05) is 20.8 Å². The van der Waals surface area contributed by atoms with Gasteiger partial charge in [-0.25, -0.2) is 0 Å². The fraction of sp³-hybridized carbons (Fsp3) is 1.00. The highest BCUT2D eigenvalue weighted by Crippen LogP contribution is 2.07. The van der Waals surface area contributed by atoms with Crippen LogP contribution in [0.3, 0.4) is 0 Å². The van der Waals surface area contributed by atoms with Gasteiger partial charge in [-0.3, -0.25) is 0 Å². The van der Waals surface area contributed by atoms with Gasteiger partial charge in [0, 0.05) is 19.7 Å². The third-order valence-electron chi connectivity index (χ3n) is 2.36. The van der Waals surface area contributed by atoms with Crippen LogP contribution >= 0.6 is 0 Å². The Balaban J connectivity index is 3.75. The van der Waals surface area contributed by atoms with Gasteiger partial charge in [0.15, 0.2) is 0 Å². The smallest absolute Gasteiger partial charge is 0.0898 e. The second kappa shape index (κ2) is 8.86. The first-order valence-corrected chi connectivity index (χ1v) is 6.43. The number of aliphatic hydroxyl groups excluding tert-OH is 1. The predicted octanol–water partition coefficient (Wildman–Crippen LogP) is 1.57. The van der Waals surface area contributed by atoms with E-state index in [0.29, 0.717) is 25.8 Å². The van der Waals surface area contributed by atoms with Crippen molar-refractivity contribution in [2.24, 2.45) is 0 Å². The van der Waals surface area contributed by atoms with Crippen molar-refractivity contribution >= 4 is 0 Å². The van der Waals surface area contributed by atoms with Crippen molar-refractivity contribution in [2.45, 2.75) is 58.3 Å². The summed E-state index contributed by atoms with van der Waals surface area (Å²) >= 11 is 0. The minimum absolute atomic E-state index is 0.198. The topological polar surface area (TPSA) is 50.7 Å². The predicted molar refractivity (Wildman–Crippen MR) is 70.3 cm³/mol. The van der Waals surface area contributed by atoms with E-state index in [2.05, 4.69) is 12.2 Å². The molecule has 0 aliphatic rings. The Morgan fingerprint density at radius 3 is 2.35 bits per heavy atom. The van der Waals surface area contributed by atoms with Crippen molar-refractivity contribution in [1.29, 1.82) is 0 Å².